The van der Waals surface area contributed by atoms with Crippen LogP contribution in [0, 0.1) is 0 Å². The van der Waals surface area contributed by atoms with E-state index in [0.717, 1.165) is 11.1 Å². The fourth-order valence-electron chi connectivity index (χ4n) is 3.54. The van der Waals surface area contributed by atoms with Gasteiger partial charge in [0, 0.05) is 35.6 Å². The van der Waals surface area contributed by atoms with Crippen molar-refractivity contribution in [2.24, 2.45) is 7.05 Å². The van der Waals surface area contributed by atoms with E-state index in [1.54, 1.807) is 41.9 Å². The predicted octanol–water partition coefficient (Wildman–Crippen LogP) is 3.71. The van der Waals surface area contributed by atoms with E-state index in [1.807, 2.05) is 18.3 Å². The molecule has 32 heavy (non-hydrogen) atoms. The molecule has 0 aliphatic carbocycles. The second-order valence-electron chi connectivity index (χ2n) is 7.15. The van der Waals surface area contributed by atoms with Crippen LogP contribution in [-0.2, 0) is 18.4 Å². The van der Waals surface area contributed by atoms with E-state index < -0.39 is 0 Å². The third kappa shape index (κ3) is 4.04. The molecule has 0 unspecified atom stereocenters. The molecule has 8 nitrogen and oxygen atoms in total. The minimum Gasteiger partial charge on any atom is -0.493 e. The molecule has 2 aromatic carbocycles. The summed E-state index contributed by atoms with van der Waals surface area (Å²) in [5, 5.41) is 3.39. The number of aryl methyl sites for hydroxylation is 1. The van der Waals surface area contributed by atoms with Crippen LogP contribution in [0.5, 0.6) is 11.5 Å². The molecule has 1 amide bonds. The van der Waals surface area contributed by atoms with Crippen molar-refractivity contribution in [3.63, 3.8) is 0 Å². The molecule has 0 aliphatic rings. The third-order valence-corrected chi connectivity index (χ3v) is 5.33. The Morgan fingerprint density at radius 3 is 2.50 bits per heavy atom. The lowest BCUT2D eigenvalue weighted by atomic mass is 10.1. The number of halogens is 1. The molecule has 0 saturated carbocycles. The number of carbonyl (C=O) groups excluding carboxylic acids is 1. The number of rotatable bonds is 6. The first-order valence-corrected chi connectivity index (χ1v) is 10.1. The van der Waals surface area contributed by atoms with E-state index in [0.29, 0.717) is 33.2 Å². The first-order chi connectivity index (χ1) is 15.4. The molecule has 0 radical (unpaired) electrons. The maximum Gasteiger partial charge on any atom is 0.278 e. The van der Waals surface area contributed by atoms with Crippen molar-refractivity contribution < 1.29 is 14.3 Å². The first kappa shape index (κ1) is 21.5. The summed E-state index contributed by atoms with van der Waals surface area (Å²) in [5.41, 5.74) is 2.92. The van der Waals surface area contributed by atoms with Crippen LogP contribution in [0.3, 0.4) is 0 Å². The Bertz CT molecular complexity index is 1360. The zero-order valence-corrected chi connectivity index (χ0v) is 18.5. The van der Waals surface area contributed by atoms with E-state index in [9.17, 15) is 9.59 Å². The zero-order valence-electron chi connectivity index (χ0n) is 17.8. The minimum atomic E-state index is -0.368. The summed E-state index contributed by atoms with van der Waals surface area (Å²) in [6.07, 6.45) is 3.23. The van der Waals surface area contributed by atoms with E-state index in [4.69, 9.17) is 21.1 Å². The molecule has 4 rings (SSSR count). The van der Waals surface area contributed by atoms with Gasteiger partial charge in [0.2, 0.25) is 5.91 Å². The molecule has 0 spiro atoms. The maximum absolute atomic E-state index is 13.1. The van der Waals surface area contributed by atoms with Crippen LogP contribution in [0.1, 0.15) is 0 Å². The smallest absolute Gasteiger partial charge is 0.278 e. The number of benzene rings is 2. The van der Waals surface area contributed by atoms with Gasteiger partial charge in [-0.2, -0.15) is 0 Å². The Morgan fingerprint density at radius 1 is 1.09 bits per heavy atom. The molecule has 0 fully saturated rings. The van der Waals surface area contributed by atoms with E-state index in [2.05, 4.69) is 10.3 Å². The van der Waals surface area contributed by atoms with Gasteiger partial charge in [0.25, 0.3) is 5.56 Å². The van der Waals surface area contributed by atoms with Crippen LogP contribution >= 0.6 is 11.6 Å². The third-order valence-electron chi connectivity index (χ3n) is 5.08. The number of ether oxygens (including phenoxy) is 2. The van der Waals surface area contributed by atoms with Crippen LogP contribution in [0.2, 0.25) is 5.02 Å². The molecular weight excluding hydrogens is 432 g/mol. The van der Waals surface area contributed by atoms with Crippen molar-refractivity contribution in [3.8, 4) is 22.6 Å². The van der Waals surface area contributed by atoms with Crippen LogP contribution in [-0.4, -0.2) is 34.2 Å². The molecule has 9 heteroatoms. The van der Waals surface area contributed by atoms with Crippen LogP contribution in [0.25, 0.3) is 22.2 Å². The number of amides is 1. The van der Waals surface area contributed by atoms with Gasteiger partial charge in [-0.25, -0.2) is 4.98 Å². The fraction of sp³-hybridized carbons (Fsp3) is 0.174. The monoisotopic (exact) mass is 452 g/mol. The molecule has 2 aromatic heterocycles. The number of hydrogen-bond donors (Lipinski definition) is 1. The molecule has 164 valence electrons. The van der Waals surface area contributed by atoms with Gasteiger partial charge >= 0.3 is 0 Å². The van der Waals surface area contributed by atoms with Crippen LogP contribution < -0.4 is 20.3 Å². The van der Waals surface area contributed by atoms with Gasteiger partial charge in [0.05, 0.1) is 20.5 Å². The molecule has 0 saturated heterocycles. The average Bonchev–Trinajstić information content (AvgIpc) is 3.13. The van der Waals surface area contributed by atoms with E-state index in [1.165, 1.54) is 25.1 Å². The van der Waals surface area contributed by atoms with Crippen molar-refractivity contribution in [2.75, 3.05) is 19.5 Å². The van der Waals surface area contributed by atoms with Gasteiger partial charge in [-0.15, -0.1) is 0 Å². The second kappa shape index (κ2) is 8.76. The number of fused-ring (bicyclic) bond motifs is 1. The van der Waals surface area contributed by atoms with Gasteiger partial charge in [0.15, 0.2) is 11.5 Å². The Balaban J connectivity index is 1.61. The van der Waals surface area contributed by atoms with E-state index >= 15 is 0 Å². The SMILES string of the molecule is COc1ccc(NC(=O)Cn2cnc3c(-c4ccc(Cl)cc4)cn(C)c3c2=O)cc1OC. The second-order valence-corrected chi connectivity index (χ2v) is 7.59. The first-order valence-electron chi connectivity index (χ1n) is 9.73. The Labute approximate surface area is 189 Å². The maximum atomic E-state index is 13.1. The van der Waals surface area contributed by atoms with Crippen molar-refractivity contribution in [2.45, 2.75) is 6.54 Å². The van der Waals surface area contributed by atoms with Crippen molar-refractivity contribution in [1.82, 2.24) is 14.1 Å². The van der Waals surface area contributed by atoms with Crippen molar-refractivity contribution >= 4 is 34.2 Å². The highest BCUT2D eigenvalue weighted by Crippen LogP contribution is 2.30. The topological polar surface area (TPSA) is 87.4 Å². The quantitative estimate of drug-likeness (QED) is 0.482. The molecule has 0 aliphatic heterocycles. The predicted molar refractivity (Wildman–Crippen MR) is 124 cm³/mol. The summed E-state index contributed by atoms with van der Waals surface area (Å²) in [6, 6.07) is 12.4. The van der Waals surface area contributed by atoms with Gasteiger partial charge in [-0.3, -0.25) is 14.2 Å². The number of anilines is 1. The van der Waals surface area contributed by atoms with Crippen LogP contribution in [0.4, 0.5) is 5.69 Å². The largest absolute Gasteiger partial charge is 0.493 e. The van der Waals surface area contributed by atoms with Gasteiger partial charge in [-0.1, -0.05) is 23.7 Å². The number of methoxy groups -OCH3 is 2. The normalized spacial score (nSPS) is 10.9. The average molecular weight is 453 g/mol. The number of nitrogens with zero attached hydrogens (tertiary/aromatic N) is 3. The van der Waals surface area contributed by atoms with Gasteiger partial charge in [-0.05, 0) is 29.8 Å². The summed E-state index contributed by atoms with van der Waals surface area (Å²) in [7, 11) is 4.83. The van der Waals surface area contributed by atoms with Crippen molar-refractivity contribution in [1.29, 1.82) is 0 Å². The molecule has 1 N–H and O–H groups in total. The molecule has 4 aromatic rings. The Hall–Kier alpha value is -3.78. The van der Waals surface area contributed by atoms with E-state index in [-0.39, 0.29) is 18.0 Å². The Morgan fingerprint density at radius 2 is 1.81 bits per heavy atom. The number of nitrogens with one attached hydrogen (secondary N) is 1. The highest BCUT2D eigenvalue weighted by atomic mass is 35.5. The lowest BCUT2D eigenvalue weighted by Crippen LogP contribution is -2.28. The number of hydrogen-bond acceptors (Lipinski definition) is 5. The lowest BCUT2D eigenvalue weighted by molar-refractivity contribution is -0.116. The molecule has 2 heterocycles. The summed E-state index contributed by atoms with van der Waals surface area (Å²) in [4.78, 5) is 30.1. The minimum absolute atomic E-state index is 0.183. The molecule has 0 bridgehead atoms. The summed E-state index contributed by atoms with van der Waals surface area (Å²) in [6.45, 7) is -0.183. The summed E-state index contributed by atoms with van der Waals surface area (Å²) in [5.74, 6) is 0.674. The zero-order chi connectivity index (χ0) is 22.8. The fourth-order valence-corrected chi connectivity index (χ4v) is 3.66. The summed E-state index contributed by atoms with van der Waals surface area (Å²) >= 11 is 5.98. The standard InChI is InChI=1S/C23H21ClN4O4/c1-27-11-17(14-4-6-15(24)7-5-14)21-22(27)23(30)28(13-25-21)12-20(29)26-16-8-9-18(31-2)19(10-16)32-3/h4-11,13H,12H2,1-3H3,(H,26,29). The number of carbonyl (C=O) groups is 1. The number of aromatic nitrogens is 3. The highest BCUT2D eigenvalue weighted by molar-refractivity contribution is 6.30. The summed E-state index contributed by atoms with van der Waals surface area (Å²) < 4.78 is 13.5. The van der Waals surface area contributed by atoms with Crippen molar-refractivity contribution in [3.05, 3.63) is 70.4 Å². The Kier molecular flexibility index (Phi) is 5.87. The lowest BCUT2D eigenvalue weighted by Gasteiger charge is -2.11. The highest BCUT2D eigenvalue weighted by Gasteiger charge is 2.16. The molecule has 0 atom stereocenters. The van der Waals surface area contributed by atoms with Gasteiger partial charge < -0.3 is 19.4 Å². The van der Waals surface area contributed by atoms with Crippen LogP contribution in [0.15, 0.2) is 59.8 Å². The van der Waals surface area contributed by atoms with Gasteiger partial charge in [0.1, 0.15) is 17.6 Å². The molecular formula is C23H21ClN4O4.